The second-order valence-corrected chi connectivity index (χ2v) is 12.5. The van der Waals surface area contributed by atoms with E-state index in [1.165, 1.54) is 14.2 Å². The van der Waals surface area contributed by atoms with E-state index in [4.69, 9.17) is 23.3 Å². The lowest BCUT2D eigenvalue weighted by Gasteiger charge is -2.46. The van der Waals surface area contributed by atoms with E-state index in [1.807, 2.05) is 31.2 Å². The number of unbranched alkanes of at least 4 members (excludes halogenated alkanes) is 1. The minimum atomic E-state index is -3.50. The fourth-order valence-corrected chi connectivity index (χ4v) is 5.14. The van der Waals surface area contributed by atoms with Crippen LogP contribution >= 0.6 is 7.60 Å². The topological polar surface area (TPSA) is 114 Å². The first-order valence-corrected chi connectivity index (χ1v) is 14.7. The van der Waals surface area contributed by atoms with Gasteiger partial charge in [0, 0.05) is 27.1 Å². The van der Waals surface area contributed by atoms with Crippen LogP contribution in [0.2, 0.25) is 0 Å². The minimum absolute atomic E-state index is 0.0193. The van der Waals surface area contributed by atoms with Gasteiger partial charge in [0.2, 0.25) is 0 Å². The van der Waals surface area contributed by atoms with Crippen LogP contribution < -0.4 is 0 Å². The monoisotopic (exact) mass is 556 g/mol. The quantitative estimate of drug-likeness (QED) is 0.0587. The number of rotatable bonds is 16. The van der Waals surface area contributed by atoms with Gasteiger partial charge < -0.3 is 23.3 Å². The number of carbonyl (C=O) groups excluding carboxylic acids is 3. The summed E-state index contributed by atoms with van der Waals surface area (Å²) in [5.41, 5.74) is 0.650. The molecule has 0 aromatic rings. The van der Waals surface area contributed by atoms with Crippen molar-refractivity contribution in [3.63, 3.8) is 0 Å². The molecule has 0 unspecified atom stereocenters. The first-order chi connectivity index (χ1) is 17.7. The summed E-state index contributed by atoms with van der Waals surface area (Å²) in [4.78, 5) is 36.6. The van der Waals surface area contributed by atoms with Gasteiger partial charge in [0.25, 0.3) is 0 Å². The van der Waals surface area contributed by atoms with E-state index >= 15 is 0 Å². The molecule has 216 valence electrons. The number of ketones is 1. The van der Waals surface area contributed by atoms with Crippen molar-refractivity contribution in [2.45, 2.75) is 91.6 Å². The van der Waals surface area contributed by atoms with E-state index in [-0.39, 0.29) is 31.4 Å². The standard InChI is InChI=1S/C28H45O9P/c1-9-35-26(31)28(6,16-15-21(2)13-11-10-12-14-22(3)19-29)25-18-24(36-27(4,5)37-25)17-23(30)20-38(32,33-7)34-8/h11,13-15,19,24-25H,9-10,12,16-18,20H2,1-8H3/b13-11+,21-15+,22-14+/t24-,25-,28+/m1/s1. The Morgan fingerprint density at radius 1 is 1.08 bits per heavy atom. The largest absolute Gasteiger partial charge is 0.465 e. The molecule has 1 saturated heterocycles. The summed E-state index contributed by atoms with van der Waals surface area (Å²) >= 11 is 0. The lowest BCUT2D eigenvalue weighted by Crippen LogP contribution is -2.53. The maximum atomic E-state index is 13.2. The summed E-state index contributed by atoms with van der Waals surface area (Å²) < 4.78 is 39.8. The maximum absolute atomic E-state index is 13.2. The van der Waals surface area contributed by atoms with Crippen LogP contribution in [0.1, 0.15) is 73.6 Å². The van der Waals surface area contributed by atoms with E-state index in [2.05, 4.69) is 0 Å². The SMILES string of the molecule is CCOC(=O)[C@@](C)(C/C=C(C)/C=C/CC/C=C(\C)C=O)[C@H]1C[C@@H](CC(=O)CP(=O)(OC)OC)OC(C)(C)O1. The van der Waals surface area contributed by atoms with Crippen LogP contribution in [0.5, 0.6) is 0 Å². The Labute approximate surface area is 227 Å². The predicted molar refractivity (Wildman–Crippen MR) is 146 cm³/mol. The summed E-state index contributed by atoms with van der Waals surface area (Å²) in [6.45, 7) is 11.0. The first-order valence-electron chi connectivity index (χ1n) is 12.9. The van der Waals surface area contributed by atoms with Crippen molar-refractivity contribution in [2.24, 2.45) is 5.41 Å². The van der Waals surface area contributed by atoms with E-state index in [0.29, 0.717) is 12.0 Å². The molecule has 0 aromatic heterocycles. The Morgan fingerprint density at radius 2 is 1.74 bits per heavy atom. The second kappa shape index (κ2) is 15.6. The molecule has 1 fully saturated rings. The summed E-state index contributed by atoms with van der Waals surface area (Å²) in [5, 5.41) is 0. The smallest absolute Gasteiger partial charge is 0.337 e. The minimum Gasteiger partial charge on any atom is -0.465 e. The van der Waals surface area contributed by atoms with Crippen molar-refractivity contribution in [3.8, 4) is 0 Å². The van der Waals surface area contributed by atoms with E-state index in [0.717, 1.165) is 24.7 Å². The number of Topliss-reactive ketones (excluding diaryl/α,β-unsaturated/α-hetero) is 1. The highest BCUT2D eigenvalue weighted by atomic mass is 31.2. The van der Waals surface area contributed by atoms with Gasteiger partial charge in [-0.3, -0.25) is 18.9 Å². The maximum Gasteiger partial charge on any atom is 0.337 e. The summed E-state index contributed by atoms with van der Waals surface area (Å²) in [7, 11) is -1.02. The van der Waals surface area contributed by atoms with Gasteiger partial charge in [0.15, 0.2) is 5.79 Å². The molecule has 1 heterocycles. The fourth-order valence-electron chi connectivity index (χ4n) is 4.17. The number of allylic oxidation sites excluding steroid dienone is 6. The van der Waals surface area contributed by atoms with E-state index in [1.54, 1.807) is 34.6 Å². The van der Waals surface area contributed by atoms with Crippen molar-refractivity contribution >= 4 is 25.6 Å². The van der Waals surface area contributed by atoms with Gasteiger partial charge in [-0.25, -0.2) is 0 Å². The van der Waals surface area contributed by atoms with Crippen molar-refractivity contribution in [3.05, 3.63) is 35.5 Å². The van der Waals surface area contributed by atoms with Crippen molar-refractivity contribution in [1.29, 1.82) is 0 Å². The molecule has 1 aliphatic rings. The Hall–Kier alpha value is -1.90. The molecule has 0 spiro atoms. The molecule has 0 aromatic carbocycles. The van der Waals surface area contributed by atoms with Crippen LogP contribution in [0.4, 0.5) is 0 Å². The number of ether oxygens (including phenoxy) is 3. The molecular formula is C28H45O9P. The normalized spacial score (nSPS) is 22.2. The number of hydrogen-bond acceptors (Lipinski definition) is 9. The molecule has 0 radical (unpaired) electrons. The molecule has 1 aliphatic heterocycles. The highest BCUT2D eigenvalue weighted by Gasteiger charge is 2.49. The molecule has 38 heavy (non-hydrogen) atoms. The fraction of sp³-hybridized carbons (Fsp3) is 0.679. The Kier molecular flexibility index (Phi) is 14.0. The van der Waals surface area contributed by atoms with Crippen LogP contribution in [-0.2, 0) is 42.2 Å². The summed E-state index contributed by atoms with van der Waals surface area (Å²) in [6, 6.07) is 0. The van der Waals surface area contributed by atoms with Crippen molar-refractivity contribution < 1.29 is 42.2 Å². The predicted octanol–water partition coefficient (Wildman–Crippen LogP) is 5.73. The molecule has 0 amide bonds. The molecule has 1 rings (SSSR count). The molecule has 0 bridgehead atoms. The van der Waals surface area contributed by atoms with Crippen LogP contribution in [0.15, 0.2) is 35.5 Å². The second-order valence-electron chi connectivity index (χ2n) is 10.2. The molecule has 0 saturated carbocycles. The van der Waals surface area contributed by atoms with Crippen molar-refractivity contribution in [1.82, 2.24) is 0 Å². The van der Waals surface area contributed by atoms with Gasteiger partial charge in [-0.05, 0) is 66.4 Å². The van der Waals surface area contributed by atoms with Gasteiger partial charge in [-0.2, -0.15) is 0 Å². The number of esters is 1. The molecule has 9 nitrogen and oxygen atoms in total. The van der Waals surface area contributed by atoms with E-state index < -0.39 is 37.0 Å². The van der Waals surface area contributed by atoms with E-state index in [9.17, 15) is 18.9 Å². The lowest BCUT2D eigenvalue weighted by molar-refractivity contribution is -0.315. The molecule has 3 atom stereocenters. The Balaban J connectivity index is 3.07. The zero-order chi connectivity index (χ0) is 29.0. The van der Waals surface area contributed by atoms with Crippen LogP contribution in [0.3, 0.4) is 0 Å². The summed E-state index contributed by atoms with van der Waals surface area (Å²) in [5.74, 6) is -1.77. The van der Waals surface area contributed by atoms with Crippen molar-refractivity contribution in [2.75, 3.05) is 27.0 Å². The van der Waals surface area contributed by atoms with Gasteiger partial charge >= 0.3 is 13.6 Å². The lowest BCUT2D eigenvalue weighted by atomic mass is 9.77. The third kappa shape index (κ3) is 11.1. The van der Waals surface area contributed by atoms with Gasteiger partial charge in [0.05, 0.1) is 24.2 Å². The molecular weight excluding hydrogens is 511 g/mol. The molecule has 10 heteroatoms. The van der Waals surface area contributed by atoms with Gasteiger partial charge in [-0.15, -0.1) is 0 Å². The summed E-state index contributed by atoms with van der Waals surface area (Å²) in [6.07, 6.45) is 9.37. The zero-order valence-corrected chi connectivity index (χ0v) is 25.0. The highest BCUT2D eigenvalue weighted by Crippen LogP contribution is 2.47. The Morgan fingerprint density at radius 3 is 2.32 bits per heavy atom. The Bertz CT molecular complexity index is 942. The van der Waals surface area contributed by atoms with Gasteiger partial charge in [-0.1, -0.05) is 29.9 Å². The average molecular weight is 557 g/mol. The third-order valence-electron chi connectivity index (χ3n) is 6.40. The third-order valence-corrected chi connectivity index (χ3v) is 8.25. The van der Waals surface area contributed by atoms with Crippen LogP contribution in [0.25, 0.3) is 0 Å². The highest BCUT2D eigenvalue weighted by molar-refractivity contribution is 7.54. The van der Waals surface area contributed by atoms with Crippen LogP contribution in [0, 0.1) is 5.41 Å². The first kappa shape index (κ1) is 34.1. The number of aldehydes is 1. The zero-order valence-electron chi connectivity index (χ0n) is 24.1. The van der Waals surface area contributed by atoms with Gasteiger partial charge in [0.1, 0.15) is 18.2 Å². The number of hydrogen-bond donors (Lipinski definition) is 0. The average Bonchev–Trinajstić information content (AvgIpc) is 2.85. The molecule has 0 aliphatic carbocycles. The molecule has 0 N–H and O–H groups in total. The van der Waals surface area contributed by atoms with Crippen LogP contribution in [-0.4, -0.2) is 63.0 Å². The number of carbonyl (C=O) groups is 3.